The number of aliphatic carboxylic acids is 1. The summed E-state index contributed by atoms with van der Waals surface area (Å²) in [6, 6.07) is -0.430. The first-order valence-corrected chi connectivity index (χ1v) is 6.06. The molecule has 0 aromatic heterocycles. The number of hydrogen-bond acceptors (Lipinski definition) is 3. The van der Waals surface area contributed by atoms with E-state index < -0.39 is 17.9 Å². The van der Waals surface area contributed by atoms with Crippen LogP contribution in [0, 0.1) is 5.92 Å². The maximum Gasteiger partial charge on any atom is 0.314 e. The van der Waals surface area contributed by atoms with Crippen LogP contribution in [-0.2, 0) is 9.59 Å². The molecule has 102 valence electrons. The van der Waals surface area contributed by atoms with Gasteiger partial charge in [-0.1, -0.05) is 6.92 Å². The molecule has 1 aliphatic rings. The fourth-order valence-corrected chi connectivity index (χ4v) is 1.73. The van der Waals surface area contributed by atoms with Gasteiger partial charge < -0.3 is 21.1 Å². The molecule has 1 heterocycles. The predicted molar refractivity (Wildman–Crippen MR) is 64.0 cm³/mol. The molecule has 0 spiro atoms. The van der Waals surface area contributed by atoms with Crippen molar-refractivity contribution in [2.75, 3.05) is 13.1 Å². The van der Waals surface area contributed by atoms with Crippen molar-refractivity contribution < 1.29 is 19.5 Å². The third kappa shape index (κ3) is 4.60. The monoisotopic (exact) mass is 257 g/mol. The topological polar surface area (TPSA) is 108 Å². The number of hydrogen-bond donors (Lipinski definition) is 4. The maximum absolute atomic E-state index is 11.4. The Labute approximate surface area is 105 Å². The first-order chi connectivity index (χ1) is 8.52. The smallest absolute Gasteiger partial charge is 0.314 e. The zero-order valence-electron chi connectivity index (χ0n) is 10.4. The van der Waals surface area contributed by atoms with Gasteiger partial charge in [-0.2, -0.15) is 0 Å². The van der Waals surface area contributed by atoms with Gasteiger partial charge in [0, 0.05) is 25.6 Å². The van der Waals surface area contributed by atoms with E-state index in [0.29, 0.717) is 25.8 Å². The van der Waals surface area contributed by atoms with Crippen molar-refractivity contribution in [2.24, 2.45) is 5.92 Å². The van der Waals surface area contributed by atoms with Crippen LogP contribution in [0.25, 0.3) is 0 Å². The van der Waals surface area contributed by atoms with Gasteiger partial charge in [0.25, 0.3) is 0 Å². The Bertz CT molecular complexity index is 332. The molecule has 1 fully saturated rings. The van der Waals surface area contributed by atoms with E-state index in [1.165, 1.54) is 0 Å². The highest BCUT2D eigenvalue weighted by Gasteiger charge is 2.21. The summed E-state index contributed by atoms with van der Waals surface area (Å²) >= 11 is 0. The zero-order chi connectivity index (χ0) is 13.5. The second-order valence-corrected chi connectivity index (χ2v) is 4.34. The lowest BCUT2D eigenvalue weighted by atomic mass is 10.1. The van der Waals surface area contributed by atoms with Gasteiger partial charge in [-0.25, -0.2) is 4.79 Å². The van der Waals surface area contributed by atoms with Gasteiger partial charge in [0.15, 0.2) is 0 Å². The van der Waals surface area contributed by atoms with Crippen molar-refractivity contribution in [1.82, 2.24) is 16.0 Å². The van der Waals surface area contributed by atoms with Crippen LogP contribution >= 0.6 is 0 Å². The van der Waals surface area contributed by atoms with Crippen molar-refractivity contribution in [3.8, 4) is 0 Å². The number of nitrogens with one attached hydrogen (secondary N) is 3. The summed E-state index contributed by atoms with van der Waals surface area (Å²) in [4.78, 5) is 33.0. The largest absolute Gasteiger partial charge is 0.481 e. The van der Waals surface area contributed by atoms with Crippen LogP contribution in [-0.4, -0.2) is 42.1 Å². The fraction of sp³-hybridized carbons (Fsp3) is 0.727. The van der Waals surface area contributed by atoms with Crippen LogP contribution in [0.3, 0.4) is 0 Å². The molecule has 0 saturated carbocycles. The van der Waals surface area contributed by atoms with E-state index in [1.54, 1.807) is 6.92 Å². The van der Waals surface area contributed by atoms with Crippen LogP contribution < -0.4 is 16.0 Å². The lowest BCUT2D eigenvalue weighted by Gasteiger charge is -2.14. The molecule has 1 aliphatic heterocycles. The number of carbonyl (C=O) groups excluding carboxylic acids is 2. The summed E-state index contributed by atoms with van der Waals surface area (Å²) in [5.74, 6) is -1.48. The van der Waals surface area contributed by atoms with E-state index in [0.717, 1.165) is 0 Å². The number of urea groups is 1. The Hall–Kier alpha value is -1.79. The van der Waals surface area contributed by atoms with Crippen LogP contribution in [0.1, 0.15) is 26.2 Å². The van der Waals surface area contributed by atoms with Crippen LogP contribution in [0.4, 0.5) is 4.79 Å². The van der Waals surface area contributed by atoms with Crippen molar-refractivity contribution in [2.45, 2.75) is 32.2 Å². The second kappa shape index (κ2) is 6.83. The molecule has 1 rings (SSSR count). The standard InChI is InChI=1S/C11H19N3O4/c1-2-7(10(16)17)5-12-11(18)13-6-8-3-4-9(15)14-8/h7-8H,2-6H2,1H3,(H,14,15)(H,16,17)(H2,12,13,18). The quantitative estimate of drug-likeness (QED) is 0.522. The van der Waals surface area contributed by atoms with Gasteiger partial charge in [0.05, 0.1) is 5.92 Å². The van der Waals surface area contributed by atoms with E-state index in [9.17, 15) is 14.4 Å². The Morgan fingerprint density at radius 3 is 2.72 bits per heavy atom. The first kappa shape index (κ1) is 14.3. The SMILES string of the molecule is CCC(CNC(=O)NCC1CCC(=O)N1)C(=O)O. The molecule has 1 saturated heterocycles. The van der Waals surface area contributed by atoms with Gasteiger partial charge in [-0.05, 0) is 12.8 Å². The molecule has 3 amide bonds. The predicted octanol–water partition coefficient (Wildman–Crippen LogP) is -0.325. The minimum Gasteiger partial charge on any atom is -0.481 e. The fourth-order valence-electron chi connectivity index (χ4n) is 1.73. The van der Waals surface area contributed by atoms with Crippen molar-refractivity contribution in [3.63, 3.8) is 0 Å². The molecule has 0 radical (unpaired) electrons. The zero-order valence-corrected chi connectivity index (χ0v) is 10.4. The maximum atomic E-state index is 11.4. The van der Waals surface area contributed by atoms with Crippen molar-refractivity contribution >= 4 is 17.9 Å². The summed E-state index contributed by atoms with van der Waals surface area (Å²) in [5.41, 5.74) is 0. The van der Waals surface area contributed by atoms with Crippen LogP contribution in [0.15, 0.2) is 0 Å². The summed E-state index contributed by atoms with van der Waals surface area (Å²) in [6.07, 6.45) is 1.67. The highest BCUT2D eigenvalue weighted by atomic mass is 16.4. The van der Waals surface area contributed by atoms with Gasteiger partial charge >= 0.3 is 12.0 Å². The highest BCUT2D eigenvalue weighted by molar-refractivity contribution is 5.79. The van der Waals surface area contributed by atoms with Crippen LogP contribution in [0.5, 0.6) is 0 Å². The molecule has 7 heteroatoms. The Morgan fingerprint density at radius 1 is 1.50 bits per heavy atom. The minimum atomic E-state index is -0.916. The summed E-state index contributed by atoms with van der Waals surface area (Å²) in [7, 11) is 0. The average Bonchev–Trinajstić information content (AvgIpc) is 2.73. The molecule has 2 unspecified atom stereocenters. The van der Waals surface area contributed by atoms with Crippen molar-refractivity contribution in [1.29, 1.82) is 0 Å². The number of amides is 3. The molecular weight excluding hydrogens is 238 g/mol. The van der Waals surface area contributed by atoms with Gasteiger partial charge in [-0.3, -0.25) is 9.59 Å². The molecule has 7 nitrogen and oxygen atoms in total. The van der Waals surface area contributed by atoms with Gasteiger partial charge in [0.1, 0.15) is 0 Å². The van der Waals surface area contributed by atoms with Crippen LogP contribution in [0.2, 0.25) is 0 Å². The minimum absolute atomic E-state index is 0.000803. The number of carbonyl (C=O) groups is 3. The molecular formula is C11H19N3O4. The molecule has 0 aromatic carbocycles. The summed E-state index contributed by atoms with van der Waals surface area (Å²) in [5, 5.41) is 16.6. The molecule has 0 aliphatic carbocycles. The Kier molecular flexibility index (Phi) is 5.41. The lowest BCUT2D eigenvalue weighted by molar-refractivity contribution is -0.141. The number of carboxylic acid groups (broad SMARTS) is 1. The third-order valence-electron chi connectivity index (χ3n) is 2.95. The average molecular weight is 257 g/mol. The number of carboxylic acids is 1. The van der Waals surface area contributed by atoms with Crippen molar-refractivity contribution in [3.05, 3.63) is 0 Å². The molecule has 0 aromatic rings. The summed E-state index contributed by atoms with van der Waals surface area (Å²) in [6.45, 7) is 2.22. The molecule has 2 atom stereocenters. The lowest BCUT2D eigenvalue weighted by Crippen LogP contribution is -2.44. The van der Waals surface area contributed by atoms with Gasteiger partial charge in [-0.15, -0.1) is 0 Å². The molecule has 4 N–H and O–H groups in total. The second-order valence-electron chi connectivity index (χ2n) is 4.34. The van der Waals surface area contributed by atoms with E-state index in [1.807, 2.05) is 0 Å². The van der Waals surface area contributed by atoms with E-state index >= 15 is 0 Å². The summed E-state index contributed by atoms with van der Waals surface area (Å²) < 4.78 is 0. The Morgan fingerprint density at radius 2 is 2.22 bits per heavy atom. The van der Waals surface area contributed by atoms with E-state index in [-0.39, 0.29) is 18.5 Å². The number of rotatable bonds is 6. The molecule has 18 heavy (non-hydrogen) atoms. The normalized spacial score (nSPS) is 20.1. The highest BCUT2D eigenvalue weighted by Crippen LogP contribution is 2.04. The first-order valence-electron chi connectivity index (χ1n) is 6.06. The Balaban J connectivity index is 2.17. The molecule has 0 bridgehead atoms. The third-order valence-corrected chi connectivity index (χ3v) is 2.95. The van der Waals surface area contributed by atoms with E-state index in [2.05, 4.69) is 16.0 Å². The van der Waals surface area contributed by atoms with Gasteiger partial charge in [0.2, 0.25) is 5.91 Å². The van der Waals surface area contributed by atoms with E-state index in [4.69, 9.17) is 5.11 Å².